The van der Waals surface area contributed by atoms with Crippen molar-refractivity contribution < 1.29 is 19.4 Å². The zero-order valence-electron chi connectivity index (χ0n) is 22.5. The van der Waals surface area contributed by atoms with Crippen molar-refractivity contribution in [3.63, 3.8) is 0 Å². The molecule has 1 aromatic heterocycles. The monoisotopic (exact) mass is 502 g/mol. The quantitative estimate of drug-likeness (QED) is 0.293. The molecule has 8 heteroatoms. The van der Waals surface area contributed by atoms with Gasteiger partial charge in [0.25, 0.3) is 0 Å². The second kappa shape index (κ2) is 13.9. The van der Waals surface area contributed by atoms with Crippen LogP contribution in [0.3, 0.4) is 0 Å². The summed E-state index contributed by atoms with van der Waals surface area (Å²) in [6.07, 6.45) is 9.40. The summed E-state index contributed by atoms with van der Waals surface area (Å²) in [5.74, 6) is -0.0711. The summed E-state index contributed by atoms with van der Waals surface area (Å²) in [4.78, 5) is 31.4. The molecule has 1 unspecified atom stereocenters. The van der Waals surface area contributed by atoms with Gasteiger partial charge in [-0.25, -0.2) is 9.78 Å². The van der Waals surface area contributed by atoms with Gasteiger partial charge in [0.15, 0.2) is 0 Å². The highest BCUT2D eigenvalue weighted by atomic mass is 16.5. The molecule has 8 nitrogen and oxygen atoms in total. The minimum atomic E-state index is -0.965. The first kappa shape index (κ1) is 28.4. The first-order valence-corrected chi connectivity index (χ1v) is 13.8. The molecule has 0 saturated heterocycles. The van der Waals surface area contributed by atoms with Crippen LogP contribution >= 0.6 is 0 Å². The van der Waals surface area contributed by atoms with Crippen LogP contribution in [0.25, 0.3) is 0 Å². The van der Waals surface area contributed by atoms with Gasteiger partial charge in [-0.3, -0.25) is 4.79 Å². The van der Waals surface area contributed by atoms with Crippen LogP contribution in [0.2, 0.25) is 0 Å². The van der Waals surface area contributed by atoms with Gasteiger partial charge < -0.3 is 25.4 Å². The first-order valence-electron chi connectivity index (χ1n) is 13.8. The van der Waals surface area contributed by atoms with Crippen molar-refractivity contribution in [1.29, 1.82) is 0 Å². The second-order valence-corrected chi connectivity index (χ2v) is 11.1. The molecule has 2 heterocycles. The van der Waals surface area contributed by atoms with Crippen molar-refractivity contribution >= 4 is 17.7 Å². The first-order chi connectivity index (χ1) is 17.2. The fourth-order valence-electron chi connectivity index (χ4n) is 5.06. The Balaban J connectivity index is 1.45. The standard InChI is InChI=1S/C28H46N4O4/c1-21(2)36-19-18-32(16-5-4-9-23-11-10-22-8-6-15-29-26(22)30-23)17-12-24(27(34)35)31-25(33)20-28(3)13-7-14-28/h10-11,21,24H,4-9,12-20H2,1-3H3,(H,29,30)(H,31,33)(H,34,35). The van der Waals surface area contributed by atoms with Crippen LogP contribution in [-0.4, -0.2) is 71.8 Å². The van der Waals surface area contributed by atoms with E-state index in [0.717, 1.165) is 82.5 Å². The summed E-state index contributed by atoms with van der Waals surface area (Å²) < 4.78 is 5.75. The van der Waals surface area contributed by atoms with Crippen molar-refractivity contribution in [1.82, 2.24) is 15.2 Å². The van der Waals surface area contributed by atoms with Gasteiger partial charge in [-0.15, -0.1) is 0 Å². The van der Waals surface area contributed by atoms with Crippen molar-refractivity contribution in [2.75, 3.05) is 38.1 Å². The van der Waals surface area contributed by atoms with Gasteiger partial charge >= 0.3 is 5.97 Å². The number of hydrogen-bond acceptors (Lipinski definition) is 6. The maximum absolute atomic E-state index is 12.5. The van der Waals surface area contributed by atoms with Gasteiger partial charge in [-0.1, -0.05) is 19.4 Å². The normalized spacial score (nSPS) is 17.2. The molecule has 0 aromatic carbocycles. The predicted octanol–water partition coefficient (Wildman–Crippen LogP) is 4.03. The zero-order chi connectivity index (χ0) is 26.0. The number of carboxylic acids is 1. The SMILES string of the molecule is CC(C)OCCN(CCCCc1ccc2c(n1)NCCC2)CCC(NC(=O)CC1(C)CCC1)C(=O)O. The van der Waals surface area contributed by atoms with Crippen molar-refractivity contribution in [3.05, 3.63) is 23.4 Å². The summed E-state index contributed by atoms with van der Waals surface area (Å²) in [7, 11) is 0. The van der Waals surface area contributed by atoms with Gasteiger partial charge in [0.2, 0.25) is 5.91 Å². The molecule has 0 spiro atoms. The third-order valence-corrected chi connectivity index (χ3v) is 7.48. The number of aromatic nitrogens is 1. The molecule has 2 aliphatic rings. The molecule has 36 heavy (non-hydrogen) atoms. The van der Waals surface area contributed by atoms with E-state index in [4.69, 9.17) is 9.72 Å². The lowest BCUT2D eigenvalue weighted by Crippen LogP contribution is -2.45. The van der Waals surface area contributed by atoms with Gasteiger partial charge in [0, 0.05) is 31.7 Å². The average molecular weight is 503 g/mol. The van der Waals surface area contributed by atoms with Crippen LogP contribution in [0.1, 0.15) is 83.4 Å². The minimum Gasteiger partial charge on any atom is -0.480 e. The number of rotatable bonds is 16. The van der Waals surface area contributed by atoms with Gasteiger partial charge in [0.05, 0.1) is 12.7 Å². The predicted molar refractivity (Wildman–Crippen MR) is 142 cm³/mol. The van der Waals surface area contributed by atoms with E-state index in [2.05, 4.69) is 34.6 Å². The molecule has 1 fully saturated rings. The van der Waals surface area contributed by atoms with Crippen molar-refractivity contribution in [2.24, 2.45) is 5.41 Å². The molecule has 0 bridgehead atoms. The number of aryl methyl sites for hydroxylation is 2. The lowest BCUT2D eigenvalue weighted by atomic mass is 9.68. The number of unbranched alkanes of at least 4 members (excludes halogenated alkanes) is 1. The molecule has 3 rings (SSSR count). The van der Waals surface area contributed by atoms with Crippen LogP contribution in [0.5, 0.6) is 0 Å². The smallest absolute Gasteiger partial charge is 0.326 e. The molecule has 3 N–H and O–H groups in total. The van der Waals surface area contributed by atoms with E-state index < -0.39 is 12.0 Å². The summed E-state index contributed by atoms with van der Waals surface area (Å²) >= 11 is 0. The summed E-state index contributed by atoms with van der Waals surface area (Å²) in [5.41, 5.74) is 2.46. The zero-order valence-corrected chi connectivity index (χ0v) is 22.5. The number of amides is 1. The highest BCUT2D eigenvalue weighted by Crippen LogP contribution is 2.43. The van der Waals surface area contributed by atoms with Gasteiger partial charge in [-0.05, 0) is 88.8 Å². The fourth-order valence-corrected chi connectivity index (χ4v) is 5.06. The molecule has 1 aliphatic heterocycles. The summed E-state index contributed by atoms with van der Waals surface area (Å²) in [6.45, 7) is 9.97. The molecule has 1 aromatic rings. The molecular weight excluding hydrogens is 456 g/mol. The average Bonchev–Trinajstić information content (AvgIpc) is 2.82. The molecule has 202 valence electrons. The number of hydrogen-bond donors (Lipinski definition) is 3. The Kier molecular flexibility index (Phi) is 11.0. The molecule has 1 aliphatic carbocycles. The Bertz CT molecular complexity index is 856. The van der Waals surface area contributed by atoms with E-state index in [9.17, 15) is 14.7 Å². The number of pyridine rings is 1. The Hall–Kier alpha value is -2.19. The van der Waals surface area contributed by atoms with E-state index in [0.29, 0.717) is 26.0 Å². The number of carboxylic acid groups (broad SMARTS) is 1. The van der Waals surface area contributed by atoms with Crippen molar-refractivity contribution in [3.8, 4) is 0 Å². The Morgan fingerprint density at radius 2 is 2.00 bits per heavy atom. The number of anilines is 1. The molecule has 0 radical (unpaired) electrons. The number of fused-ring (bicyclic) bond motifs is 1. The fraction of sp³-hybridized carbons (Fsp3) is 0.750. The number of nitrogens with zero attached hydrogens (tertiary/aromatic N) is 2. The Morgan fingerprint density at radius 1 is 1.19 bits per heavy atom. The van der Waals surface area contributed by atoms with Crippen LogP contribution < -0.4 is 10.6 Å². The summed E-state index contributed by atoms with van der Waals surface area (Å²) in [5, 5.41) is 15.9. The number of aliphatic carboxylic acids is 1. The number of ether oxygens (including phenoxy) is 1. The minimum absolute atomic E-state index is 0.0380. The van der Waals surface area contributed by atoms with Crippen molar-refractivity contribution in [2.45, 2.75) is 97.1 Å². The number of nitrogens with one attached hydrogen (secondary N) is 2. The Labute approximate surface area is 216 Å². The van der Waals surface area contributed by atoms with E-state index in [1.54, 1.807) is 0 Å². The van der Waals surface area contributed by atoms with Gasteiger partial charge in [0.1, 0.15) is 11.9 Å². The lowest BCUT2D eigenvalue weighted by Gasteiger charge is -2.38. The molecule has 1 atom stereocenters. The van der Waals surface area contributed by atoms with E-state index in [-0.39, 0.29) is 17.4 Å². The van der Waals surface area contributed by atoms with Crippen LogP contribution in [0, 0.1) is 5.41 Å². The molecule has 1 saturated carbocycles. The highest BCUT2D eigenvalue weighted by molar-refractivity contribution is 5.83. The third-order valence-electron chi connectivity index (χ3n) is 7.48. The number of carbonyl (C=O) groups is 2. The maximum atomic E-state index is 12.5. The van der Waals surface area contributed by atoms with Crippen LogP contribution in [0.4, 0.5) is 5.82 Å². The Morgan fingerprint density at radius 3 is 2.69 bits per heavy atom. The second-order valence-electron chi connectivity index (χ2n) is 11.1. The van der Waals surface area contributed by atoms with E-state index in [1.807, 2.05) is 13.8 Å². The van der Waals surface area contributed by atoms with Crippen LogP contribution in [-0.2, 0) is 27.2 Å². The van der Waals surface area contributed by atoms with E-state index in [1.165, 1.54) is 5.56 Å². The molecule has 1 amide bonds. The van der Waals surface area contributed by atoms with E-state index >= 15 is 0 Å². The third kappa shape index (κ3) is 9.36. The largest absolute Gasteiger partial charge is 0.480 e. The van der Waals surface area contributed by atoms with Crippen LogP contribution in [0.15, 0.2) is 12.1 Å². The highest BCUT2D eigenvalue weighted by Gasteiger charge is 2.35. The molecular formula is C28H46N4O4. The maximum Gasteiger partial charge on any atom is 0.326 e. The van der Waals surface area contributed by atoms with Gasteiger partial charge in [-0.2, -0.15) is 0 Å². The summed E-state index contributed by atoms with van der Waals surface area (Å²) in [6, 6.07) is 3.48. The topological polar surface area (TPSA) is 104 Å². The number of carbonyl (C=O) groups excluding carboxylic acids is 1. The lowest BCUT2D eigenvalue weighted by molar-refractivity contribution is -0.142.